The van der Waals surface area contributed by atoms with Gasteiger partial charge in [0.1, 0.15) is 0 Å². The first kappa shape index (κ1) is 14.0. The lowest BCUT2D eigenvalue weighted by atomic mass is 9.97. The number of nitrogens with one attached hydrogen (secondary N) is 1. The molecule has 0 saturated carbocycles. The van der Waals surface area contributed by atoms with Crippen molar-refractivity contribution in [1.82, 2.24) is 5.32 Å². The van der Waals surface area contributed by atoms with Crippen LogP contribution in [0.5, 0.6) is 0 Å². The van der Waals surface area contributed by atoms with Crippen LogP contribution in [0.4, 0.5) is 17.6 Å². The largest absolute Gasteiger partial charge is 0.332 e. The molecule has 0 saturated heterocycles. The molecule has 5 heteroatoms. The third-order valence-corrected chi connectivity index (χ3v) is 2.67. The first-order valence-electron chi connectivity index (χ1n) is 5.31. The van der Waals surface area contributed by atoms with Crippen molar-refractivity contribution >= 4 is 0 Å². The van der Waals surface area contributed by atoms with Gasteiger partial charge in [0.25, 0.3) is 0 Å². The lowest BCUT2D eigenvalue weighted by Gasteiger charge is -2.20. The number of alkyl halides is 4. The van der Waals surface area contributed by atoms with Crippen LogP contribution in [-0.2, 0) is 12.3 Å². The lowest BCUT2D eigenvalue weighted by molar-refractivity contribution is -0.135. The fraction of sp³-hybridized carbons (Fsp3) is 0.500. The summed E-state index contributed by atoms with van der Waals surface area (Å²) in [6.45, 7) is 1.80. The second kappa shape index (κ2) is 5.49. The second-order valence-electron chi connectivity index (χ2n) is 3.97. The first-order valence-corrected chi connectivity index (χ1v) is 5.31. The number of hydrogen-bond acceptors (Lipinski definition) is 1. The van der Waals surface area contributed by atoms with Crippen molar-refractivity contribution in [2.75, 3.05) is 7.05 Å². The summed E-state index contributed by atoms with van der Waals surface area (Å²) < 4.78 is 51.3. The molecule has 0 aliphatic heterocycles. The molecule has 0 spiro atoms. The van der Waals surface area contributed by atoms with Gasteiger partial charge in [-0.1, -0.05) is 24.3 Å². The van der Waals surface area contributed by atoms with E-state index in [0.717, 1.165) is 6.07 Å². The quantitative estimate of drug-likeness (QED) is 0.790. The molecular formula is C12H15F4N. The Labute approximate surface area is 97.8 Å². The van der Waals surface area contributed by atoms with Crippen molar-refractivity contribution in [3.63, 3.8) is 0 Å². The smallest absolute Gasteiger partial charge is 0.317 e. The van der Waals surface area contributed by atoms with E-state index >= 15 is 0 Å². The van der Waals surface area contributed by atoms with Crippen LogP contribution >= 0.6 is 0 Å². The molecule has 1 aromatic rings. The highest BCUT2D eigenvalue weighted by Crippen LogP contribution is 2.36. The first-order chi connectivity index (χ1) is 7.89. The van der Waals surface area contributed by atoms with Crippen LogP contribution in [0.25, 0.3) is 0 Å². The van der Waals surface area contributed by atoms with Crippen molar-refractivity contribution < 1.29 is 17.6 Å². The van der Waals surface area contributed by atoms with E-state index in [0.29, 0.717) is 0 Å². The van der Waals surface area contributed by atoms with Gasteiger partial charge in [-0.2, -0.15) is 8.78 Å². The van der Waals surface area contributed by atoms with Crippen LogP contribution < -0.4 is 5.32 Å². The summed E-state index contributed by atoms with van der Waals surface area (Å²) in [4.78, 5) is 0. The zero-order chi connectivity index (χ0) is 13.1. The molecule has 0 heterocycles. The maximum Gasteiger partial charge on any atom is 0.332 e. The molecule has 0 fully saturated rings. The molecule has 1 aromatic carbocycles. The Bertz CT molecular complexity index is 365. The van der Waals surface area contributed by atoms with E-state index in [1.165, 1.54) is 12.1 Å². The number of halogens is 4. The molecule has 0 aromatic heterocycles. The molecule has 1 rings (SSSR count). The zero-order valence-corrected chi connectivity index (χ0v) is 9.68. The summed E-state index contributed by atoms with van der Waals surface area (Å²) >= 11 is 0. The predicted molar refractivity (Wildman–Crippen MR) is 58.6 cm³/mol. The summed E-state index contributed by atoms with van der Waals surface area (Å²) in [5.41, 5.74) is -0.336. The van der Waals surface area contributed by atoms with Crippen molar-refractivity contribution in [3.05, 3.63) is 35.4 Å². The summed E-state index contributed by atoms with van der Waals surface area (Å²) in [5.74, 6) is -4.09. The molecule has 1 N–H and O–H groups in total. The molecule has 0 amide bonds. The minimum absolute atomic E-state index is 0.0513. The highest BCUT2D eigenvalue weighted by atomic mass is 19.3. The SMILES string of the molecule is CNC(C)Cc1ccccc1C(F)(F)C(F)F. The minimum atomic E-state index is -4.09. The van der Waals surface area contributed by atoms with Gasteiger partial charge in [-0.3, -0.25) is 0 Å². The van der Waals surface area contributed by atoms with Gasteiger partial charge in [0.05, 0.1) is 0 Å². The Morgan fingerprint density at radius 3 is 2.35 bits per heavy atom. The lowest BCUT2D eigenvalue weighted by Crippen LogP contribution is -2.28. The van der Waals surface area contributed by atoms with E-state index in [-0.39, 0.29) is 18.0 Å². The van der Waals surface area contributed by atoms with Crippen LogP contribution in [-0.4, -0.2) is 19.5 Å². The Morgan fingerprint density at radius 2 is 1.82 bits per heavy atom. The average Bonchev–Trinajstić information content (AvgIpc) is 2.29. The van der Waals surface area contributed by atoms with Crippen LogP contribution in [0.1, 0.15) is 18.1 Å². The highest BCUT2D eigenvalue weighted by Gasteiger charge is 2.43. The van der Waals surface area contributed by atoms with Gasteiger partial charge in [-0.05, 0) is 26.0 Å². The highest BCUT2D eigenvalue weighted by molar-refractivity contribution is 5.32. The van der Waals surface area contributed by atoms with Crippen LogP contribution in [0.15, 0.2) is 24.3 Å². The van der Waals surface area contributed by atoms with E-state index in [1.807, 2.05) is 0 Å². The maximum atomic E-state index is 13.3. The average molecular weight is 249 g/mol. The molecule has 96 valence electrons. The minimum Gasteiger partial charge on any atom is -0.317 e. The maximum absolute atomic E-state index is 13.3. The van der Waals surface area contributed by atoms with E-state index in [2.05, 4.69) is 5.32 Å². The van der Waals surface area contributed by atoms with Crippen LogP contribution in [0, 0.1) is 0 Å². The van der Waals surface area contributed by atoms with Gasteiger partial charge >= 0.3 is 12.3 Å². The van der Waals surface area contributed by atoms with E-state index in [1.54, 1.807) is 20.0 Å². The van der Waals surface area contributed by atoms with E-state index in [4.69, 9.17) is 0 Å². The van der Waals surface area contributed by atoms with Gasteiger partial charge < -0.3 is 5.32 Å². The number of likely N-dealkylation sites (N-methyl/N-ethyl adjacent to an activating group) is 1. The standard InChI is InChI=1S/C12H15F4N/c1-8(17-2)7-9-5-3-4-6-10(9)12(15,16)11(13)14/h3-6,8,11,17H,7H2,1-2H3. The third kappa shape index (κ3) is 3.19. The second-order valence-corrected chi connectivity index (χ2v) is 3.97. The summed E-state index contributed by atoms with van der Waals surface area (Å²) in [6, 6.07) is 5.38. The number of hydrogen-bond donors (Lipinski definition) is 1. The van der Waals surface area contributed by atoms with Gasteiger partial charge in [-0.15, -0.1) is 0 Å². The summed E-state index contributed by atoms with van der Waals surface area (Å²) in [7, 11) is 1.69. The van der Waals surface area contributed by atoms with Gasteiger partial charge in [0, 0.05) is 11.6 Å². The summed E-state index contributed by atoms with van der Waals surface area (Å²) in [5, 5.41) is 2.89. The number of benzene rings is 1. The Morgan fingerprint density at radius 1 is 1.24 bits per heavy atom. The Kier molecular flexibility index (Phi) is 4.51. The molecule has 1 nitrogen and oxygen atoms in total. The molecule has 0 aliphatic rings. The molecular weight excluding hydrogens is 234 g/mol. The third-order valence-electron chi connectivity index (χ3n) is 2.67. The Hall–Kier alpha value is -1.10. The molecule has 17 heavy (non-hydrogen) atoms. The Balaban J connectivity index is 3.07. The van der Waals surface area contributed by atoms with Gasteiger partial charge in [-0.25, -0.2) is 8.78 Å². The predicted octanol–water partition coefficient (Wildman–Crippen LogP) is 3.19. The normalized spacial score (nSPS) is 14.1. The van der Waals surface area contributed by atoms with Crippen molar-refractivity contribution in [2.24, 2.45) is 0 Å². The molecule has 1 atom stereocenters. The topological polar surface area (TPSA) is 12.0 Å². The van der Waals surface area contributed by atoms with Crippen LogP contribution in [0.3, 0.4) is 0 Å². The fourth-order valence-corrected chi connectivity index (χ4v) is 1.57. The van der Waals surface area contributed by atoms with Crippen molar-refractivity contribution in [3.8, 4) is 0 Å². The van der Waals surface area contributed by atoms with Crippen molar-refractivity contribution in [1.29, 1.82) is 0 Å². The molecule has 0 aliphatic carbocycles. The van der Waals surface area contributed by atoms with E-state index in [9.17, 15) is 17.6 Å². The van der Waals surface area contributed by atoms with Gasteiger partial charge in [0.2, 0.25) is 0 Å². The molecule has 0 bridgehead atoms. The molecule has 1 unspecified atom stereocenters. The fourth-order valence-electron chi connectivity index (χ4n) is 1.57. The monoisotopic (exact) mass is 249 g/mol. The number of rotatable bonds is 5. The zero-order valence-electron chi connectivity index (χ0n) is 9.68. The van der Waals surface area contributed by atoms with Gasteiger partial charge in [0.15, 0.2) is 0 Å². The molecule has 0 radical (unpaired) electrons. The van der Waals surface area contributed by atoms with E-state index < -0.39 is 17.9 Å². The van der Waals surface area contributed by atoms with Crippen LogP contribution in [0.2, 0.25) is 0 Å². The summed E-state index contributed by atoms with van der Waals surface area (Å²) in [6.07, 6.45) is -3.40. The van der Waals surface area contributed by atoms with Crippen molar-refractivity contribution in [2.45, 2.75) is 31.7 Å².